The van der Waals surface area contributed by atoms with Crippen molar-refractivity contribution in [1.82, 2.24) is 0 Å². The highest BCUT2D eigenvalue weighted by atomic mass is 19.2. The second kappa shape index (κ2) is 10.1. The lowest BCUT2D eigenvalue weighted by atomic mass is 9.94. The van der Waals surface area contributed by atoms with Crippen molar-refractivity contribution in [3.63, 3.8) is 0 Å². The third kappa shape index (κ3) is 5.12. The van der Waals surface area contributed by atoms with Crippen molar-refractivity contribution in [2.45, 2.75) is 26.7 Å². The molecule has 0 amide bonds. The lowest BCUT2D eigenvalue weighted by Gasteiger charge is -2.12. The van der Waals surface area contributed by atoms with Gasteiger partial charge in [0.15, 0.2) is 17.5 Å². The van der Waals surface area contributed by atoms with Crippen molar-refractivity contribution in [3.05, 3.63) is 118 Å². The highest BCUT2D eigenvalue weighted by Gasteiger charge is 2.17. The van der Waals surface area contributed by atoms with Gasteiger partial charge in [-0.2, -0.15) is 0 Å². The van der Waals surface area contributed by atoms with Crippen molar-refractivity contribution in [2.75, 3.05) is 0 Å². The molecule has 0 N–H and O–H groups in total. The summed E-state index contributed by atoms with van der Waals surface area (Å²) in [5.41, 5.74) is 3.11. The Kier molecular flexibility index (Phi) is 7.02. The Morgan fingerprint density at radius 1 is 0.629 bits per heavy atom. The number of halogens is 5. The van der Waals surface area contributed by atoms with E-state index < -0.39 is 29.1 Å². The van der Waals surface area contributed by atoms with Crippen LogP contribution in [0.3, 0.4) is 0 Å². The summed E-state index contributed by atoms with van der Waals surface area (Å²) in [6.07, 6.45) is 1.14. The van der Waals surface area contributed by atoms with E-state index in [0.717, 1.165) is 29.3 Å². The van der Waals surface area contributed by atoms with E-state index in [-0.39, 0.29) is 22.3 Å². The minimum absolute atomic E-state index is 0.124. The second-order valence-electron chi connectivity index (χ2n) is 8.27. The van der Waals surface area contributed by atoms with Gasteiger partial charge in [0, 0.05) is 27.8 Å². The van der Waals surface area contributed by atoms with E-state index in [0.29, 0.717) is 24.0 Å². The van der Waals surface area contributed by atoms with E-state index >= 15 is 4.39 Å². The Bertz CT molecular complexity index is 1430. The smallest absolute Gasteiger partial charge is 0.194 e. The first-order chi connectivity index (χ1) is 16.8. The molecule has 0 saturated carbocycles. The van der Waals surface area contributed by atoms with E-state index in [1.165, 1.54) is 12.1 Å². The van der Waals surface area contributed by atoms with Crippen LogP contribution in [-0.2, 0) is 6.42 Å². The molecule has 0 unspecified atom stereocenters. The van der Waals surface area contributed by atoms with Crippen LogP contribution < -0.4 is 0 Å². The zero-order chi connectivity index (χ0) is 25.1. The number of benzene rings is 4. The maximum absolute atomic E-state index is 15.6. The summed E-state index contributed by atoms with van der Waals surface area (Å²) in [7, 11) is 0. The summed E-state index contributed by atoms with van der Waals surface area (Å²) in [5, 5.41) is 0. The molecule has 0 aliphatic heterocycles. The number of aryl methyl sites for hydroxylation is 1. The Hall–Kier alpha value is -3.91. The van der Waals surface area contributed by atoms with Crippen LogP contribution in [0.15, 0.2) is 66.7 Å². The van der Waals surface area contributed by atoms with Gasteiger partial charge >= 0.3 is 0 Å². The number of rotatable bonds is 4. The molecular weight excluding hydrogens is 455 g/mol. The summed E-state index contributed by atoms with van der Waals surface area (Å²) >= 11 is 0. The Morgan fingerprint density at radius 3 is 1.89 bits per heavy atom. The normalized spacial score (nSPS) is 10.7. The molecule has 0 aromatic heterocycles. The summed E-state index contributed by atoms with van der Waals surface area (Å²) in [5.74, 6) is 0.342. The van der Waals surface area contributed by atoms with E-state index in [4.69, 9.17) is 0 Å². The van der Waals surface area contributed by atoms with E-state index in [2.05, 4.69) is 11.8 Å². The fourth-order valence-corrected chi connectivity index (χ4v) is 3.86. The van der Waals surface area contributed by atoms with Gasteiger partial charge in [0.2, 0.25) is 0 Å². The molecule has 5 heteroatoms. The van der Waals surface area contributed by atoms with Crippen LogP contribution in [0, 0.1) is 47.9 Å². The largest absolute Gasteiger partial charge is 0.206 e. The van der Waals surface area contributed by atoms with Crippen molar-refractivity contribution < 1.29 is 22.0 Å². The Morgan fingerprint density at radius 2 is 1.26 bits per heavy atom. The minimum atomic E-state index is -1.62. The van der Waals surface area contributed by atoms with E-state index in [1.807, 2.05) is 38.1 Å². The standard InChI is InChI=1S/C30H21F5/c1-3-4-24-20(10-9-19-7-5-18(2)6-8-19)11-14-25(29(24)34)21-12-13-23(26(31)15-21)22-16-27(32)30(35)28(33)17-22/h5-8,11-17H,3-4H2,1-2H3. The van der Waals surface area contributed by atoms with Crippen LogP contribution in [0.5, 0.6) is 0 Å². The maximum Gasteiger partial charge on any atom is 0.194 e. The van der Waals surface area contributed by atoms with Crippen molar-refractivity contribution >= 4 is 0 Å². The van der Waals surface area contributed by atoms with Crippen molar-refractivity contribution in [1.29, 1.82) is 0 Å². The van der Waals surface area contributed by atoms with Crippen molar-refractivity contribution in [3.8, 4) is 34.1 Å². The average Bonchev–Trinajstić information content (AvgIpc) is 2.83. The van der Waals surface area contributed by atoms with Gasteiger partial charge in [-0.25, -0.2) is 22.0 Å². The third-order valence-corrected chi connectivity index (χ3v) is 5.71. The van der Waals surface area contributed by atoms with Gasteiger partial charge in [-0.1, -0.05) is 61.1 Å². The Balaban J connectivity index is 1.73. The summed E-state index contributed by atoms with van der Waals surface area (Å²) in [6.45, 7) is 3.91. The van der Waals surface area contributed by atoms with E-state index in [1.54, 1.807) is 12.1 Å². The molecule has 0 atom stereocenters. The molecule has 4 rings (SSSR count). The highest BCUT2D eigenvalue weighted by Crippen LogP contribution is 2.32. The molecule has 0 saturated heterocycles. The van der Waals surface area contributed by atoms with Crippen LogP contribution in [0.4, 0.5) is 22.0 Å². The molecule has 0 heterocycles. The second-order valence-corrected chi connectivity index (χ2v) is 8.27. The van der Waals surface area contributed by atoms with Gasteiger partial charge in [0.25, 0.3) is 0 Å². The van der Waals surface area contributed by atoms with Gasteiger partial charge in [0.05, 0.1) is 0 Å². The van der Waals surface area contributed by atoms with Gasteiger partial charge in [-0.3, -0.25) is 0 Å². The SMILES string of the molecule is CCCc1c(C#Cc2ccc(C)cc2)ccc(-c2ccc(-c3cc(F)c(F)c(F)c3)c(F)c2)c1F. The summed E-state index contributed by atoms with van der Waals surface area (Å²) < 4.78 is 70.9. The summed E-state index contributed by atoms with van der Waals surface area (Å²) in [6, 6.07) is 16.2. The quantitative estimate of drug-likeness (QED) is 0.158. The van der Waals surface area contributed by atoms with Gasteiger partial charge in [0.1, 0.15) is 11.6 Å². The van der Waals surface area contributed by atoms with Gasteiger partial charge in [-0.05, 0) is 60.9 Å². The molecule has 0 aliphatic rings. The molecule has 176 valence electrons. The number of hydrogen-bond acceptors (Lipinski definition) is 0. The molecule has 0 bridgehead atoms. The molecule has 0 aliphatic carbocycles. The van der Waals surface area contributed by atoms with Crippen LogP contribution in [0.25, 0.3) is 22.3 Å². The lowest BCUT2D eigenvalue weighted by Crippen LogP contribution is -1.99. The molecule has 0 spiro atoms. The van der Waals surface area contributed by atoms with Gasteiger partial charge < -0.3 is 0 Å². The highest BCUT2D eigenvalue weighted by molar-refractivity contribution is 5.73. The first kappa shape index (κ1) is 24.2. The molecule has 0 fully saturated rings. The average molecular weight is 476 g/mol. The van der Waals surface area contributed by atoms with Crippen LogP contribution in [-0.4, -0.2) is 0 Å². The molecular formula is C30H21F5. The monoisotopic (exact) mass is 476 g/mol. The third-order valence-electron chi connectivity index (χ3n) is 5.71. The van der Waals surface area contributed by atoms with Crippen LogP contribution in [0.1, 0.15) is 35.6 Å². The molecule has 0 radical (unpaired) electrons. The lowest BCUT2D eigenvalue weighted by molar-refractivity contribution is 0.447. The Labute approximate surface area is 201 Å². The minimum Gasteiger partial charge on any atom is -0.206 e. The first-order valence-electron chi connectivity index (χ1n) is 11.1. The molecule has 4 aromatic carbocycles. The van der Waals surface area contributed by atoms with Crippen LogP contribution >= 0.6 is 0 Å². The predicted octanol–water partition coefficient (Wildman–Crippen LogP) is 8.38. The summed E-state index contributed by atoms with van der Waals surface area (Å²) in [4.78, 5) is 0. The molecule has 4 aromatic rings. The maximum atomic E-state index is 15.6. The predicted molar refractivity (Wildman–Crippen MR) is 128 cm³/mol. The topological polar surface area (TPSA) is 0 Å². The van der Waals surface area contributed by atoms with E-state index in [9.17, 15) is 17.6 Å². The fourth-order valence-electron chi connectivity index (χ4n) is 3.86. The zero-order valence-corrected chi connectivity index (χ0v) is 19.2. The fraction of sp³-hybridized carbons (Fsp3) is 0.133. The number of hydrogen-bond donors (Lipinski definition) is 0. The van der Waals surface area contributed by atoms with Crippen molar-refractivity contribution in [2.24, 2.45) is 0 Å². The van der Waals surface area contributed by atoms with Crippen LogP contribution in [0.2, 0.25) is 0 Å². The molecule has 35 heavy (non-hydrogen) atoms. The zero-order valence-electron chi connectivity index (χ0n) is 19.2. The molecule has 0 nitrogen and oxygen atoms in total. The first-order valence-corrected chi connectivity index (χ1v) is 11.1. The van der Waals surface area contributed by atoms with Gasteiger partial charge in [-0.15, -0.1) is 0 Å².